The highest BCUT2D eigenvalue weighted by atomic mass is 35.5. The van der Waals surface area contributed by atoms with E-state index in [0.717, 1.165) is 5.69 Å². The second kappa shape index (κ2) is 6.15. The average Bonchev–Trinajstić information content (AvgIpc) is 2.70. The number of nitrogens with one attached hydrogen (secondary N) is 1. The van der Waals surface area contributed by atoms with Gasteiger partial charge >= 0.3 is 6.03 Å². The van der Waals surface area contributed by atoms with Crippen LogP contribution in [0.4, 0.5) is 10.5 Å². The van der Waals surface area contributed by atoms with E-state index in [2.05, 4.69) is 10.4 Å². The largest absolute Gasteiger partial charge is 0.322 e. The third-order valence-electron chi connectivity index (χ3n) is 2.82. The molecule has 0 spiro atoms. The number of benzene rings is 1. The van der Waals surface area contributed by atoms with E-state index in [1.54, 1.807) is 49.2 Å². The fourth-order valence-electron chi connectivity index (χ4n) is 1.70. The minimum atomic E-state index is -0.246. The normalized spacial score (nSPS) is 10.4. The van der Waals surface area contributed by atoms with E-state index in [-0.39, 0.29) is 6.03 Å². The Balaban J connectivity index is 2.02. The summed E-state index contributed by atoms with van der Waals surface area (Å²) in [5, 5.41) is 7.90. The molecule has 1 aromatic carbocycles. The Morgan fingerprint density at radius 1 is 1.45 bits per heavy atom. The summed E-state index contributed by atoms with van der Waals surface area (Å²) in [5.41, 5.74) is 1.42. The second-order valence-electron chi connectivity index (χ2n) is 4.36. The van der Waals surface area contributed by atoms with Gasteiger partial charge < -0.3 is 10.2 Å². The van der Waals surface area contributed by atoms with Crippen LogP contribution in [-0.2, 0) is 13.6 Å². The Labute approximate surface area is 127 Å². The molecule has 1 N–H and O–H groups in total. The molecule has 7 heteroatoms. The summed E-state index contributed by atoms with van der Waals surface area (Å²) < 4.78 is 1.64. The SMILES string of the molecule is CN(Cc1c(Cl)cnn1C)C(=O)Nc1cccc(Cl)c1. The van der Waals surface area contributed by atoms with E-state index in [1.165, 1.54) is 4.90 Å². The molecular formula is C13H14Cl2N4O. The molecule has 2 aromatic rings. The Hall–Kier alpha value is -1.72. The molecule has 0 saturated heterocycles. The zero-order valence-corrected chi connectivity index (χ0v) is 12.6. The number of aryl methyl sites for hydroxylation is 1. The molecule has 0 unspecified atom stereocenters. The number of urea groups is 1. The molecule has 5 nitrogen and oxygen atoms in total. The first-order valence-electron chi connectivity index (χ1n) is 5.91. The molecule has 1 heterocycles. The zero-order valence-electron chi connectivity index (χ0n) is 11.1. The van der Waals surface area contributed by atoms with Crippen LogP contribution in [-0.4, -0.2) is 27.8 Å². The Morgan fingerprint density at radius 3 is 2.80 bits per heavy atom. The topological polar surface area (TPSA) is 50.2 Å². The number of aromatic nitrogens is 2. The van der Waals surface area contributed by atoms with Crippen molar-refractivity contribution in [2.75, 3.05) is 12.4 Å². The second-order valence-corrected chi connectivity index (χ2v) is 5.20. The number of halogens is 2. The first kappa shape index (κ1) is 14.7. The fourth-order valence-corrected chi connectivity index (χ4v) is 2.11. The van der Waals surface area contributed by atoms with Gasteiger partial charge in [-0.1, -0.05) is 29.3 Å². The highest BCUT2D eigenvalue weighted by molar-refractivity contribution is 6.31. The predicted octanol–water partition coefficient (Wildman–Crippen LogP) is 3.39. The van der Waals surface area contributed by atoms with Crippen molar-refractivity contribution in [1.82, 2.24) is 14.7 Å². The number of nitrogens with zero attached hydrogens (tertiary/aromatic N) is 3. The number of rotatable bonds is 3. The molecule has 0 bridgehead atoms. The summed E-state index contributed by atoms with van der Waals surface area (Å²) in [6.07, 6.45) is 1.56. The Bertz CT molecular complexity index is 607. The molecule has 0 aliphatic heterocycles. The molecule has 0 fully saturated rings. The monoisotopic (exact) mass is 312 g/mol. The molecule has 0 aliphatic carbocycles. The summed E-state index contributed by atoms with van der Waals surface area (Å²) in [4.78, 5) is 13.6. The lowest BCUT2D eigenvalue weighted by molar-refractivity contribution is 0.219. The van der Waals surface area contributed by atoms with Gasteiger partial charge in [-0.2, -0.15) is 5.10 Å². The van der Waals surface area contributed by atoms with Crippen LogP contribution in [0, 0.1) is 0 Å². The zero-order chi connectivity index (χ0) is 14.7. The average molecular weight is 313 g/mol. The van der Waals surface area contributed by atoms with Gasteiger partial charge in [0.05, 0.1) is 23.5 Å². The minimum Gasteiger partial charge on any atom is -0.322 e. The number of carbonyl (C=O) groups is 1. The van der Waals surface area contributed by atoms with Crippen molar-refractivity contribution in [3.8, 4) is 0 Å². The maximum Gasteiger partial charge on any atom is 0.321 e. The van der Waals surface area contributed by atoms with Crippen LogP contribution in [0.15, 0.2) is 30.5 Å². The lowest BCUT2D eigenvalue weighted by Gasteiger charge is -2.18. The van der Waals surface area contributed by atoms with Gasteiger partial charge in [-0.25, -0.2) is 4.79 Å². The van der Waals surface area contributed by atoms with Crippen LogP contribution in [0.2, 0.25) is 10.0 Å². The summed E-state index contributed by atoms with van der Waals surface area (Å²) in [5.74, 6) is 0. The first-order chi connectivity index (χ1) is 9.47. The van der Waals surface area contributed by atoms with E-state index in [4.69, 9.17) is 23.2 Å². The van der Waals surface area contributed by atoms with Gasteiger partial charge in [0.2, 0.25) is 0 Å². The van der Waals surface area contributed by atoms with Crippen molar-refractivity contribution in [3.05, 3.63) is 46.2 Å². The van der Waals surface area contributed by atoms with Gasteiger partial charge in [0, 0.05) is 24.8 Å². The van der Waals surface area contributed by atoms with Crippen molar-refractivity contribution in [3.63, 3.8) is 0 Å². The van der Waals surface area contributed by atoms with Crippen LogP contribution in [0.25, 0.3) is 0 Å². The standard InChI is InChI=1S/C13H14Cl2N4O/c1-18(8-12-11(15)7-16-19(12)2)13(20)17-10-5-3-4-9(14)6-10/h3-7H,8H2,1-2H3,(H,17,20). The van der Waals surface area contributed by atoms with Crippen molar-refractivity contribution in [2.45, 2.75) is 6.54 Å². The highest BCUT2D eigenvalue weighted by Crippen LogP contribution is 2.18. The van der Waals surface area contributed by atoms with E-state index < -0.39 is 0 Å². The highest BCUT2D eigenvalue weighted by Gasteiger charge is 2.14. The number of amides is 2. The van der Waals surface area contributed by atoms with Crippen molar-refractivity contribution in [2.24, 2.45) is 7.05 Å². The summed E-state index contributed by atoms with van der Waals surface area (Å²) in [7, 11) is 3.47. The quantitative estimate of drug-likeness (QED) is 0.944. The fraction of sp³-hybridized carbons (Fsp3) is 0.231. The van der Waals surface area contributed by atoms with Crippen molar-refractivity contribution in [1.29, 1.82) is 0 Å². The maximum absolute atomic E-state index is 12.1. The molecule has 0 aliphatic rings. The van der Waals surface area contributed by atoms with Crippen LogP contribution in [0.3, 0.4) is 0 Å². The summed E-state index contributed by atoms with van der Waals surface area (Å²) >= 11 is 11.9. The smallest absolute Gasteiger partial charge is 0.321 e. The van der Waals surface area contributed by atoms with Crippen LogP contribution in [0.5, 0.6) is 0 Å². The molecule has 0 radical (unpaired) electrons. The van der Waals surface area contributed by atoms with E-state index >= 15 is 0 Å². The van der Waals surface area contributed by atoms with Gasteiger partial charge in [-0.05, 0) is 18.2 Å². The van der Waals surface area contributed by atoms with Gasteiger partial charge in [0.1, 0.15) is 0 Å². The number of carbonyl (C=O) groups excluding carboxylic acids is 1. The molecule has 20 heavy (non-hydrogen) atoms. The molecule has 0 atom stereocenters. The van der Waals surface area contributed by atoms with Crippen LogP contribution >= 0.6 is 23.2 Å². The van der Waals surface area contributed by atoms with Gasteiger partial charge in [-0.15, -0.1) is 0 Å². The van der Waals surface area contributed by atoms with Gasteiger partial charge in [-0.3, -0.25) is 4.68 Å². The molecule has 2 amide bonds. The molecule has 2 rings (SSSR count). The Morgan fingerprint density at radius 2 is 2.20 bits per heavy atom. The first-order valence-corrected chi connectivity index (χ1v) is 6.67. The number of anilines is 1. The third-order valence-corrected chi connectivity index (χ3v) is 3.37. The maximum atomic E-state index is 12.1. The van der Waals surface area contributed by atoms with Crippen LogP contribution in [0.1, 0.15) is 5.69 Å². The lowest BCUT2D eigenvalue weighted by atomic mass is 10.3. The number of hydrogen-bond donors (Lipinski definition) is 1. The third kappa shape index (κ3) is 3.43. The van der Waals surface area contributed by atoms with E-state index in [9.17, 15) is 4.79 Å². The van der Waals surface area contributed by atoms with Crippen molar-refractivity contribution < 1.29 is 4.79 Å². The molecule has 106 valence electrons. The molecule has 0 saturated carbocycles. The van der Waals surface area contributed by atoms with Crippen molar-refractivity contribution >= 4 is 34.9 Å². The molecule has 1 aromatic heterocycles. The van der Waals surface area contributed by atoms with Gasteiger partial charge in [0.15, 0.2) is 0 Å². The van der Waals surface area contributed by atoms with Crippen LogP contribution < -0.4 is 5.32 Å². The molecular weight excluding hydrogens is 299 g/mol. The van der Waals surface area contributed by atoms with Gasteiger partial charge in [0.25, 0.3) is 0 Å². The summed E-state index contributed by atoms with van der Waals surface area (Å²) in [6, 6.07) is 6.73. The van der Waals surface area contributed by atoms with E-state index in [1.807, 2.05) is 0 Å². The minimum absolute atomic E-state index is 0.246. The lowest BCUT2D eigenvalue weighted by Crippen LogP contribution is -2.31. The Kier molecular flexibility index (Phi) is 4.52. The number of hydrogen-bond acceptors (Lipinski definition) is 2. The van der Waals surface area contributed by atoms with E-state index in [0.29, 0.717) is 22.3 Å². The predicted molar refractivity (Wildman–Crippen MR) is 80.2 cm³/mol. The summed E-state index contributed by atoms with van der Waals surface area (Å²) in [6.45, 7) is 0.363.